The third-order valence-electron chi connectivity index (χ3n) is 4.84. The van der Waals surface area contributed by atoms with Crippen molar-refractivity contribution in [3.8, 4) is 0 Å². The minimum atomic E-state index is -0.755. The van der Waals surface area contributed by atoms with E-state index in [9.17, 15) is 9.59 Å². The molecule has 1 amide bonds. The Morgan fingerprint density at radius 2 is 1.89 bits per heavy atom. The summed E-state index contributed by atoms with van der Waals surface area (Å²) in [6, 6.07) is 10.6. The molecule has 0 saturated heterocycles. The van der Waals surface area contributed by atoms with E-state index in [2.05, 4.69) is 10.3 Å². The highest BCUT2D eigenvalue weighted by Gasteiger charge is 2.42. The maximum atomic E-state index is 13.0. The van der Waals surface area contributed by atoms with Gasteiger partial charge in [0.05, 0.1) is 11.1 Å². The average Bonchev–Trinajstić information content (AvgIpc) is 2.68. The lowest BCUT2D eigenvalue weighted by Crippen LogP contribution is -2.40. The number of hydrogen-bond acceptors (Lipinski definition) is 4. The third kappa shape index (κ3) is 4.60. The number of pyridine rings is 1. The summed E-state index contributed by atoms with van der Waals surface area (Å²) in [5.41, 5.74) is 0.466. The van der Waals surface area contributed by atoms with Crippen LogP contribution in [0.2, 0.25) is 10.2 Å². The Balaban J connectivity index is 1.70. The summed E-state index contributed by atoms with van der Waals surface area (Å²) < 4.78 is 5.40. The van der Waals surface area contributed by atoms with Crippen molar-refractivity contribution in [1.82, 2.24) is 4.98 Å². The Morgan fingerprint density at radius 1 is 1.11 bits per heavy atom. The van der Waals surface area contributed by atoms with Crippen molar-refractivity contribution < 1.29 is 14.3 Å². The van der Waals surface area contributed by atoms with Gasteiger partial charge >= 0.3 is 5.97 Å². The van der Waals surface area contributed by atoms with Gasteiger partial charge in [0.25, 0.3) is 5.91 Å². The Bertz CT molecular complexity index is 835. The highest BCUT2D eigenvalue weighted by atomic mass is 35.5. The summed E-state index contributed by atoms with van der Waals surface area (Å²) >= 11 is 12.1. The molecule has 27 heavy (non-hydrogen) atoms. The van der Waals surface area contributed by atoms with E-state index in [0.717, 1.165) is 24.8 Å². The number of anilines is 1. The van der Waals surface area contributed by atoms with Gasteiger partial charge in [-0.25, -0.2) is 4.98 Å². The summed E-state index contributed by atoms with van der Waals surface area (Å²) in [5.74, 6) is -0.854. The first kappa shape index (κ1) is 19.6. The SMILES string of the molecule is O=C(COC(=O)C1(c2cccc(Cl)c2)CCCCC1)Nc1cccnc1Cl. The van der Waals surface area contributed by atoms with Crippen molar-refractivity contribution in [2.24, 2.45) is 0 Å². The molecule has 5 nitrogen and oxygen atoms in total. The maximum absolute atomic E-state index is 13.0. The number of amides is 1. The van der Waals surface area contributed by atoms with Crippen LogP contribution in [0.3, 0.4) is 0 Å². The lowest BCUT2D eigenvalue weighted by Gasteiger charge is -2.35. The number of rotatable bonds is 5. The molecule has 142 valence electrons. The topological polar surface area (TPSA) is 68.3 Å². The molecule has 0 radical (unpaired) electrons. The van der Waals surface area contributed by atoms with Gasteiger partial charge in [-0.1, -0.05) is 54.6 Å². The van der Waals surface area contributed by atoms with Gasteiger partial charge in [0.1, 0.15) is 0 Å². The van der Waals surface area contributed by atoms with Crippen LogP contribution < -0.4 is 5.32 Å². The predicted octanol–water partition coefficient (Wildman–Crippen LogP) is 4.77. The van der Waals surface area contributed by atoms with Crippen LogP contribution in [0.1, 0.15) is 37.7 Å². The Morgan fingerprint density at radius 3 is 2.59 bits per heavy atom. The minimum absolute atomic E-state index is 0.180. The molecule has 2 aromatic rings. The summed E-state index contributed by atoms with van der Waals surface area (Å²) in [4.78, 5) is 29.0. The number of carbonyl (C=O) groups excluding carboxylic acids is 2. The van der Waals surface area contributed by atoms with Gasteiger partial charge in [0.2, 0.25) is 0 Å². The smallest absolute Gasteiger partial charge is 0.317 e. The Kier molecular flexibility index (Phi) is 6.34. The number of ether oxygens (including phenoxy) is 1. The molecule has 3 rings (SSSR count). The Hall–Kier alpha value is -2.11. The molecule has 1 aromatic carbocycles. The quantitative estimate of drug-likeness (QED) is 0.573. The van der Waals surface area contributed by atoms with Crippen LogP contribution in [0.15, 0.2) is 42.6 Å². The van der Waals surface area contributed by atoms with Crippen molar-refractivity contribution in [1.29, 1.82) is 0 Å². The predicted molar refractivity (Wildman–Crippen MR) is 105 cm³/mol. The standard InChI is InChI=1S/C20H20Cl2N2O3/c21-15-7-4-6-14(12-15)20(9-2-1-3-10-20)19(26)27-13-17(25)24-16-8-5-11-23-18(16)22/h4-8,11-12H,1-3,9-10,13H2,(H,24,25). The van der Waals surface area contributed by atoms with Crippen molar-refractivity contribution in [3.05, 3.63) is 58.3 Å². The Labute approximate surface area is 168 Å². The average molecular weight is 407 g/mol. The number of benzene rings is 1. The normalized spacial score (nSPS) is 15.8. The first-order chi connectivity index (χ1) is 13.0. The van der Waals surface area contributed by atoms with Crippen LogP contribution in [-0.4, -0.2) is 23.5 Å². The zero-order valence-electron chi connectivity index (χ0n) is 14.7. The van der Waals surface area contributed by atoms with E-state index < -0.39 is 17.3 Å². The summed E-state index contributed by atoms with van der Waals surface area (Å²) in [5, 5.41) is 3.36. The fraction of sp³-hybridized carbons (Fsp3) is 0.350. The van der Waals surface area contributed by atoms with E-state index >= 15 is 0 Å². The lowest BCUT2D eigenvalue weighted by molar-refractivity contribution is -0.154. The molecule has 1 aliphatic carbocycles. The second kappa shape index (κ2) is 8.72. The fourth-order valence-corrected chi connectivity index (χ4v) is 3.84. The van der Waals surface area contributed by atoms with Crippen LogP contribution in [-0.2, 0) is 19.7 Å². The van der Waals surface area contributed by atoms with Gasteiger partial charge in [-0.2, -0.15) is 0 Å². The maximum Gasteiger partial charge on any atom is 0.317 e. The third-order valence-corrected chi connectivity index (χ3v) is 5.38. The van der Waals surface area contributed by atoms with Crippen LogP contribution in [0.4, 0.5) is 5.69 Å². The van der Waals surface area contributed by atoms with Gasteiger partial charge < -0.3 is 10.1 Å². The molecule has 0 atom stereocenters. The van der Waals surface area contributed by atoms with E-state index in [1.54, 1.807) is 18.2 Å². The number of hydrogen-bond donors (Lipinski definition) is 1. The second-order valence-electron chi connectivity index (χ2n) is 6.62. The monoisotopic (exact) mass is 406 g/mol. The van der Waals surface area contributed by atoms with Gasteiger partial charge in [-0.15, -0.1) is 0 Å². The first-order valence-corrected chi connectivity index (χ1v) is 9.60. The fourth-order valence-electron chi connectivity index (χ4n) is 3.49. The molecule has 1 heterocycles. The molecule has 7 heteroatoms. The van der Waals surface area contributed by atoms with E-state index in [4.69, 9.17) is 27.9 Å². The largest absolute Gasteiger partial charge is 0.455 e. The van der Waals surface area contributed by atoms with E-state index in [-0.39, 0.29) is 11.8 Å². The molecule has 1 fully saturated rings. The molecule has 0 unspecified atom stereocenters. The molecule has 0 spiro atoms. The summed E-state index contributed by atoms with van der Waals surface area (Å²) in [6.07, 6.45) is 5.83. The zero-order chi connectivity index (χ0) is 19.3. The van der Waals surface area contributed by atoms with E-state index in [0.29, 0.717) is 23.6 Å². The van der Waals surface area contributed by atoms with Crippen LogP contribution in [0.5, 0.6) is 0 Å². The second-order valence-corrected chi connectivity index (χ2v) is 7.41. The van der Waals surface area contributed by atoms with Gasteiger partial charge in [0, 0.05) is 11.2 Å². The zero-order valence-corrected chi connectivity index (χ0v) is 16.2. The molecule has 1 saturated carbocycles. The van der Waals surface area contributed by atoms with Crippen LogP contribution in [0, 0.1) is 0 Å². The molecule has 1 aromatic heterocycles. The van der Waals surface area contributed by atoms with Crippen molar-refractivity contribution in [2.45, 2.75) is 37.5 Å². The number of halogens is 2. The number of nitrogens with zero attached hydrogens (tertiary/aromatic N) is 1. The van der Waals surface area contributed by atoms with Crippen LogP contribution >= 0.6 is 23.2 Å². The molecule has 0 bridgehead atoms. The first-order valence-electron chi connectivity index (χ1n) is 8.85. The van der Waals surface area contributed by atoms with E-state index in [1.165, 1.54) is 6.20 Å². The van der Waals surface area contributed by atoms with Gasteiger partial charge in [-0.05, 0) is 42.7 Å². The number of esters is 1. The summed E-state index contributed by atoms with van der Waals surface area (Å²) in [6.45, 7) is -0.383. The minimum Gasteiger partial charge on any atom is -0.455 e. The highest BCUT2D eigenvalue weighted by Crippen LogP contribution is 2.41. The molecule has 1 N–H and O–H groups in total. The van der Waals surface area contributed by atoms with Gasteiger partial charge in [0.15, 0.2) is 11.8 Å². The molecular weight excluding hydrogens is 387 g/mol. The lowest BCUT2D eigenvalue weighted by atomic mass is 9.69. The van der Waals surface area contributed by atoms with Crippen molar-refractivity contribution >= 4 is 40.8 Å². The number of nitrogens with one attached hydrogen (secondary N) is 1. The molecule has 1 aliphatic rings. The van der Waals surface area contributed by atoms with Gasteiger partial charge in [-0.3, -0.25) is 9.59 Å². The van der Waals surface area contributed by atoms with E-state index in [1.807, 2.05) is 18.2 Å². The molecule has 0 aliphatic heterocycles. The number of aromatic nitrogens is 1. The molecular formula is C20H20Cl2N2O3. The highest BCUT2D eigenvalue weighted by molar-refractivity contribution is 6.32. The van der Waals surface area contributed by atoms with Crippen molar-refractivity contribution in [3.63, 3.8) is 0 Å². The number of carbonyl (C=O) groups is 2. The van der Waals surface area contributed by atoms with Crippen LogP contribution in [0.25, 0.3) is 0 Å². The summed E-state index contributed by atoms with van der Waals surface area (Å²) in [7, 11) is 0. The van der Waals surface area contributed by atoms with Crippen molar-refractivity contribution in [2.75, 3.05) is 11.9 Å².